The average Bonchev–Trinajstić information content (AvgIpc) is 2.26. The van der Waals surface area contributed by atoms with Crippen LogP contribution in [0.5, 0.6) is 0 Å². The number of hydrogen-bond acceptors (Lipinski definition) is 3. The third-order valence-corrected chi connectivity index (χ3v) is 1.86. The highest BCUT2D eigenvalue weighted by Crippen LogP contribution is 2.11. The highest BCUT2D eigenvalue weighted by atomic mass is 16.3. The number of aromatic nitrogens is 1. The number of allylic oxidation sites excluding steroid dienone is 3. The molecular formula is C11H12N2O2. The molecule has 78 valence electrons. The molecule has 15 heavy (non-hydrogen) atoms. The topological polar surface area (TPSA) is 76.2 Å². The number of primary amides is 1. The number of aliphatic hydroxyl groups is 1. The Morgan fingerprint density at radius 3 is 2.80 bits per heavy atom. The summed E-state index contributed by atoms with van der Waals surface area (Å²) in [4.78, 5) is 14.5. The maximum absolute atomic E-state index is 10.5. The molecule has 0 unspecified atom stereocenters. The first-order chi connectivity index (χ1) is 7.11. The van der Waals surface area contributed by atoms with Crippen molar-refractivity contribution in [3.63, 3.8) is 0 Å². The Balaban J connectivity index is 2.86. The number of aliphatic hydroxyl groups excluding tert-OH is 1. The minimum absolute atomic E-state index is 0.460. The van der Waals surface area contributed by atoms with Gasteiger partial charge in [-0.3, -0.25) is 9.78 Å². The maximum atomic E-state index is 10.5. The van der Waals surface area contributed by atoms with E-state index in [1.807, 2.05) is 19.1 Å². The van der Waals surface area contributed by atoms with Crippen molar-refractivity contribution >= 4 is 11.5 Å². The minimum Gasteiger partial charge on any atom is -0.503 e. The Kier molecular flexibility index (Phi) is 3.62. The molecule has 1 heterocycles. The fourth-order valence-electron chi connectivity index (χ4n) is 0.978. The average molecular weight is 204 g/mol. The zero-order valence-electron chi connectivity index (χ0n) is 8.34. The van der Waals surface area contributed by atoms with Gasteiger partial charge in [-0.1, -0.05) is 12.1 Å². The summed E-state index contributed by atoms with van der Waals surface area (Å²) in [7, 11) is 0. The van der Waals surface area contributed by atoms with Crippen LogP contribution in [0, 0.1) is 0 Å². The zero-order chi connectivity index (χ0) is 11.3. The van der Waals surface area contributed by atoms with Gasteiger partial charge in [0.2, 0.25) is 0 Å². The first kappa shape index (κ1) is 11.0. The zero-order valence-corrected chi connectivity index (χ0v) is 8.34. The first-order valence-electron chi connectivity index (χ1n) is 4.39. The van der Waals surface area contributed by atoms with Crippen LogP contribution in [-0.2, 0) is 4.79 Å². The van der Waals surface area contributed by atoms with Crippen LogP contribution in [0.3, 0.4) is 0 Å². The second-order valence-electron chi connectivity index (χ2n) is 3.01. The fourth-order valence-corrected chi connectivity index (χ4v) is 0.978. The van der Waals surface area contributed by atoms with Crippen molar-refractivity contribution in [3.05, 3.63) is 48.0 Å². The number of carbonyl (C=O) groups is 1. The van der Waals surface area contributed by atoms with Crippen LogP contribution in [0.2, 0.25) is 0 Å². The summed E-state index contributed by atoms with van der Waals surface area (Å²) in [5, 5.41) is 9.05. The van der Waals surface area contributed by atoms with Gasteiger partial charge >= 0.3 is 0 Å². The third kappa shape index (κ3) is 3.27. The molecule has 3 N–H and O–H groups in total. The molecule has 4 nitrogen and oxygen atoms in total. The number of hydrogen-bond donors (Lipinski definition) is 2. The first-order valence-corrected chi connectivity index (χ1v) is 4.39. The van der Waals surface area contributed by atoms with E-state index in [0.717, 1.165) is 11.1 Å². The molecule has 0 aliphatic heterocycles. The van der Waals surface area contributed by atoms with Crippen molar-refractivity contribution < 1.29 is 9.90 Å². The summed E-state index contributed by atoms with van der Waals surface area (Å²) in [5.74, 6) is -1.30. The van der Waals surface area contributed by atoms with Gasteiger partial charge in [0.15, 0.2) is 5.76 Å². The van der Waals surface area contributed by atoms with Crippen LogP contribution in [-0.4, -0.2) is 16.0 Å². The molecule has 0 aliphatic carbocycles. The van der Waals surface area contributed by atoms with E-state index in [1.165, 1.54) is 6.08 Å². The lowest BCUT2D eigenvalue weighted by atomic mass is 10.1. The normalized spacial score (nSPS) is 12.6. The SMILES string of the molecule is C/C(=C\C=C(/O)C(N)=O)c1cccnc1. The third-order valence-electron chi connectivity index (χ3n) is 1.86. The molecule has 0 bridgehead atoms. The van der Waals surface area contributed by atoms with Gasteiger partial charge in [0, 0.05) is 12.4 Å². The predicted molar refractivity (Wildman–Crippen MR) is 57.8 cm³/mol. The van der Waals surface area contributed by atoms with Crippen LogP contribution >= 0.6 is 0 Å². The van der Waals surface area contributed by atoms with Crippen molar-refractivity contribution in [3.8, 4) is 0 Å². The lowest BCUT2D eigenvalue weighted by Gasteiger charge is -1.98. The van der Waals surface area contributed by atoms with E-state index in [0.29, 0.717) is 0 Å². The van der Waals surface area contributed by atoms with Crippen molar-refractivity contribution in [1.82, 2.24) is 4.98 Å². The van der Waals surface area contributed by atoms with E-state index in [2.05, 4.69) is 4.98 Å². The summed E-state index contributed by atoms with van der Waals surface area (Å²) in [6.45, 7) is 1.85. The Bertz CT molecular complexity index is 408. The molecule has 1 amide bonds. The molecule has 0 aromatic carbocycles. The van der Waals surface area contributed by atoms with Crippen LogP contribution in [0.4, 0.5) is 0 Å². The molecular weight excluding hydrogens is 192 g/mol. The van der Waals surface area contributed by atoms with Crippen LogP contribution in [0.1, 0.15) is 12.5 Å². The Labute approximate surface area is 87.8 Å². The largest absolute Gasteiger partial charge is 0.503 e. The molecule has 4 heteroatoms. The summed E-state index contributed by atoms with van der Waals surface area (Å²) < 4.78 is 0. The highest BCUT2D eigenvalue weighted by Gasteiger charge is 1.98. The van der Waals surface area contributed by atoms with Crippen LogP contribution < -0.4 is 5.73 Å². The lowest BCUT2D eigenvalue weighted by molar-refractivity contribution is -0.116. The second kappa shape index (κ2) is 4.95. The Hall–Kier alpha value is -2.10. The highest BCUT2D eigenvalue weighted by molar-refractivity contribution is 5.89. The number of nitrogens with zero attached hydrogens (tertiary/aromatic N) is 1. The number of rotatable bonds is 3. The van der Waals surface area contributed by atoms with Gasteiger partial charge in [0.1, 0.15) is 0 Å². The quantitative estimate of drug-likeness (QED) is 0.444. The van der Waals surface area contributed by atoms with Gasteiger partial charge in [-0.2, -0.15) is 0 Å². The maximum Gasteiger partial charge on any atom is 0.283 e. The molecule has 0 fully saturated rings. The molecule has 0 radical (unpaired) electrons. The summed E-state index contributed by atoms with van der Waals surface area (Å²) >= 11 is 0. The van der Waals surface area contributed by atoms with Crippen molar-refractivity contribution in [2.24, 2.45) is 5.73 Å². The van der Waals surface area contributed by atoms with Gasteiger partial charge in [0.25, 0.3) is 5.91 Å². The summed E-state index contributed by atoms with van der Waals surface area (Å²) in [6.07, 6.45) is 6.25. The summed E-state index contributed by atoms with van der Waals surface area (Å²) in [5.41, 5.74) is 6.67. The minimum atomic E-state index is -0.842. The van der Waals surface area contributed by atoms with Crippen LogP contribution in [0.25, 0.3) is 5.57 Å². The van der Waals surface area contributed by atoms with Crippen molar-refractivity contribution in [2.75, 3.05) is 0 Å². The molecule has 0 spiro atoms. The predicted octanol–water partition coefficient (Wildman–Crippen LogP) is 1.41. The van der Waals surface area contributed by atoms with E-state index in [-0.39, 0.29) is 0 Å². The number of nitrogens with two attached hydrogens (primary N) is 1. The van der Waals surface area contributed by atoms with E-state index in [1.54, 1.807) is 18.5 Å². The molecule has 0 atom stereocenters. The van der Waals surface area contributed by atoms with E-state index in [9.17, 15) is 4.79 Å². The van der Waals surface area contributed by atoms with E-state index in [4.69, 9.17) is 10.8 Å². The molecule has 0 saturated carbocycles. The van der Waals surface area contributed by atoms with E-state index >= 15 is 0 Å². The molecule has 0 aliphatic rings. The molecule has 0 saturated heterocycles. The van der Waals surface area contributed by atoms with Gasteiger partial charge in [-0.05, 0) is 30.2 Å². The Morgan fingerprint density at radius 1 is 1.53 bits per heavy atom. The summed E-state index contributed by atoms with van der Waals surface area (Å²) in [6, 6.07) is 3.69. The van der Waals surface area contributed by atoms with Crippen LogP contribution in [0.15, 0.2) is 42.4 Å². The Morgan fingerprint density at radius 2 is 2.27 bits per heavy atom. The van der Waals surface area contributed by atoms with Crippen molar-refractivity contribution in [2.45, 2.75) is 6.92 Å². The van der Waals surface area contributed by atoms with E-state index < -0.39 is 11.7 Å². The second-order valence-corrected chi connectivity index (χ2v) is 3.01. The van der Waals surface area contributed by atoms with Gasteiger partial charge in [-0.25, -0.2) is 0 Å². The molecule has 1 rings (SSSR count). The monoisotopic (exact) mass is 204 g/mol. The lowest BCUT2D eigenvalue weighted by Crippen LogP contribution is -2.12. The van der Waals surface area contributed by atoms with Crippen molar-refractivity contribution in [1.29, 1.82) is 0 Å². The number of carbonyl (C=O) groups excluding carboxylic acids is 1. The van der Waals surface area contributed by atoms with Gasteiger partial charge < -0.3 is 10.8 Å². The van der Waals surface area contributed by atoms with Gasteiger partial charge in [-0.15, -0.1) is 0 Å². The number of amides is 1. The molecule has 1 aromatic rings. The standard InChI is InChI=1S/C11H12N2O2/c1-8(4-5-10(14)11(12)15)9-3-2-6-13-7-9/h2-7,14H,1H3,(H2,12,15)/b8-4+,10-5-. The number of pyridine rings is 1. The molecule has 1 aromatic heterocycles. The smallest absolute Gasteiger partial charge is 0.283 e. The fraction of sp³-hybridized carbons (Fsp3) is 0.0909. The van der Waals surface area contributed by atoms with Gasteiger partial charge in [0.05, 0.1) is 0 Å².